The average Bonchev–Trinajstić information content (AvgIpc) is 2.87. The van der Waals surface area contributed by atoms with E-state index in [4.69, 9.17) is 0 Å². The molecule has 0 nitrogen and oxygen atoms in total. The van der Waals surface area contributed by atoms with E-state index in [2.05, 4.69) is 0 Å². The molecule has 176 valence electrons. The van der Waals surface area contributed by atoms with Gasteiger partial charge < -0.3 is 0 Å². The second-order valence-corrected chi connectivity index (χ2v) is 11.7. The Morgan fingerprint density at radius 3 is 0.667 bits per heavy atom. The molecule has 0 radical (unpaired) electrons. The first kappa shape index (κ1) is 24.6. The van der Waals surface area contributed by atoms with Crippen LogP contribution < -0.4 is 0 Å². The predicted octanol–water partition coefficient (Wildman–Crippen LogP) is 10.6. The fraction of sp³-hybridized carbons (Fsp3) is 1.00. The normalized spacial score (nSPS) is 31.6. The zero-order valence-electron chi connectivity index (χ0n) is 20.7. The Balaban J connectivity index is 1.74. The van der Waals surface area contributed by atoms with Gasteiger partial charge in [0.25, 0.3) is 0 Å². The lowest BCUT2D eigenvalue weighted by atomic mass is 9.66. The Bertz CT molecular complexity index is 379. The van der Waals surface area contributed by atoms with Crippen LogP contribution in [-0.4, -0.2) is 0 Å². The minimum atomic E-state index is 1.07. The molecule has 0 aromatic heterocycles. The lowest BCUT2D eigenvalue weighted by Gasteiger charge is -2.40. The maximum absolute atomic E-state index is 1.59. The van der Waals surface area contributed by atoms with E-state index in [0.717, 1.165) is 23.7 Å². The highest BCUT2D eigenvalue weighted by Gasteiger charge is 2.33. The van der Waals surface area contributed by atoms with Crippen LogP contribution in [0, 0.1) is 23.7 Å². The third kappa shape index (κ3) is 9.24. The Morgan fingerprint density at radius 1 is 0.200 bits per heavy atom. The fourth-order valence-corrected chi connectivity index (χ4v) is 7.60. The number of hydrogen-bond donors (Lipinski definition) is 0. The van der Waals surface area contributed by atoms with Crippen molar-refractivity contribution in [2.24, 2.45) is 23.7 Å². The van der Waals surface area contributed by atoms with Gasteiger partial charge in [0.05, 0.1) is 0 Å². The van der Waals surface area contributed by atoms with E-state index in [-0.39, 0.29) is 0 Å². The molecule has 3 aliphatic rings. The van der Waals surface area contributed by atoms with Crippen LogP contribution >= 0.6 is 0 Å². The first-order valence-corrected chi connectivity index (χ1v) is 14.9. The molecule has 0 heteroatoms. The molecule has 0 aromatic rings. The summed E-state index contributed by atoms with van der Waals surface area (Å²) in [6.07, 6.45) is 40.0. The molecule has 3 fully saturated rings. The maximum atomic E-state index is 1.59. The molecule has 0 N–H and O–H groups in total. The summed E-state index contributed by atoms with van der Waals surface area (Å²) in [5.74, 6) is 4.30. The van der Waals surface area contributed by atoms with E-state index in [1.54, 1.807) is 77.0 Å². The SMILES string of the molecule is C1CCCCC(C2CCCCCCCCCC2C2CCCCCCCC2)CCCC1. The predicted molar refractivity (Wildman–Crippen MR) is 134 cm³/mol. The van der Waals surface area contributed by atoms with Crippen molar-refractivity contribution in [3.63, 3.8) is 0 Å². The van der Waals surface area contributed by atoms with Gasteiger partial charge in [-0.25, -0.2) is 0 Å². The first-order chi connectivity index (χ1) is 14.9. The summed E-state index contributed by atoms with van der Waals surface area (Å²) >= 11 is 0. The molecule has 3 aliphatic carbocycles. The van der Waals surface area contributed by atoms with E-state index >= 15 is 0 Å². The van der Waals surface area contributed by atoms with Gasteiger partial charge in [-0.15, -0.1) is 0 Å². The van der Waals surface area contributed by atoms with E-state index in [0.29, 0.717) is 0 Å². The van der Waals surface area contributed by atoms with E-state index in [1.165, 1.54) is 89.9 Å². The number of hydrogen-bond acceptors (Lipinski definition) is 0. The van der Waals surface area contributed by atoms with Crippen LogP contribution in [0.1, 0.15) is 167 Å². The molecular formula is C30H56. The average molecular weight is 417 g/mol. The van der Waals surface area contributed by atoms with Crippen LogP contribution in [0.2, 0.25) is 0 Å². The summed E-state index contributed by atoms with van der Waals surface area (Å²) in [6.45, 7) is 0. The lowest BCUT2D eigenvalue weighted by molar-refractivity contribution is 0.105. The molecule has 0 aliphatic heterocycles. The maximum Gasteiger partial charge on any atom is -0.0355 e. The smallest absolute Gasteiger partial charge is 0.0355 e. The Labute approximate surface area is 190 Å². The fourth-order valence-electron chi connectivity index (χ4n) is 7.60. The molecule has 0 amide bonds. The minimum Gasteiger partial charge on any atom is -0.0533 e. The molecule has 3 rings (SSSR count). The first-order valence-electron chi connectivity index (χ1n) is 14.9. The molecule has 2 atom stereocenters. The summed E-state index contributed by atoms with van der Waals surface area (Å²) in [5.41, 5.74) is 0. The van der Waals surface area contributed by atoms with Crippen LogP contribution in [0.15, 0.2) is 0 Å². The van der Waals surface area contributed by atoms with Gasteiger partial charge in [-0.05, 0) is 36.5 Å². The monoisotopic (exact) mass is 416 g/mol. The van der Waals surface area contributed by atoms with Gasteiger partial charge in [0.2, 0.25) is 0 Å². The van der Waals surface area contributed by atoms with Gasteiger partial charge in [0, 0.05) is 0 Å². The van der Waals surface area contributed by atoms with Gasteiger partial charge in [-0.2, -0.15) is 0 Å². The standard InChI is InChI=1S/C30H56/c1-3-9-15-21-27(22-16-10-4-1)29-25-19-13-5-2-6-14-20-26-30(29)28-23-17-11-7-8-12-18-24-28/h27-30H,1-26H2. The largest absolute Gasteiger partial charge is 0.0533 e. The number of rotatable bonds is 2. The van der Waals surface area contributed by atoms with Crippen molar-refractivity contribution >= 4 is 0 Å². The Hall–Kier alpha value is 0. The quantitative estimate of drug-likeness (QED) is 0.420. The van der Waals surface area contributed by atoms with E-state index in [9.17, 15) is 0 Å². The van der Waals surface area contributed by atoms with Crippen molar-refractivity contribution in [3.8, 4) is 0 Å². The molecule has 0 aromatic carbocycles. The van der Waals surface area contributed by atoms with Gasteiger partial charge in [-0.1, -0.05) is 154 Å². The van der Waals surface area contributed by atoms with Crippen LogP contribution in [0.4, 0.5) is 0 Å². The van der Waals surface area contributed by atoms with Gasteiger partial charge in [0.15, 0.2) is 0 Å². The molecule has 0 heterocycles. The van der Waals surface area contributed by atoms with E-state index < -0.39 is 0 Å². The Kier molecular flexibility index (Phi) is 12.9. The summed E-state index contributed by atoms with van der Waals surface area (Å²) in [7, 11) is 0. The van der Waals surface area contributed by atoms with Crippen molar-refractivity contribution in [1.29, 1.82) is 0 Å². The van der Waals surface area contributed by atoms with Crippen molar-refractivity contribution < 1.29 is 0 Å². The second-order valence-electron chi connectivity index (χ2n) is 11.7. The van der Waals surface area contributed by atoms with Crippen LogP contribution in [0.25, 0.3) is 0 Å². The third-order valence-electron chi connectivity index (χ3n) is 9.39. The molecule has 30 heavy (non-hydrogen) atoms. The minimum absolute atomic E-state index is 1.07. The molecular weight excluding hydrogens is 360 g/mol. The van der Waals surface area contributed by atoms with Crippen molar-refractivity contribution in [3.05, 3.63) is 0 Å². The topological polar surface area (TPSA) is 0 Å². The van der Waals surface area contributed by atoms with Crippen molar-refractivity contribution in [2.75, 3.05) is 0 Å². The van der Waals surface area contributed by atoms with Gasteiger partial charge in [0.1, 0.15) is 0 Å². The summed E-state index contributed by atoms with van der Waals surface area (Å²) < 4.78 is 0. The lowest BCUT2D eigenvalue weighted by Crippen LogP contribution is -2.30. The highest BCUT2D eigenvalue weighted by atomic mass is 14.4. The Morgan fingerprint density at radius 2 is 0.400 bits per heavy atom. The van der Waals surface area contributed by atoms with Crippen LogP contribution in [0.5, 0.6) is 0 Å². The highest BCUT2D eigenvalue weighted by Crippen LogP contribution is 2.44. The summed E-state index contributed by atoms with van der Waals surface area (Å²) in [4.78, 5) is 0. The summed E-state index contributed by atoms with van der Waals surface area (Å²) in [6, 6.07) is 0. The van der Waals surface area contributed by atoms with Crippen molar-refractivity contribution in [1.82, 2.24) is 0 Å². The van der Waals surface area contributed by atoms with Gasteiger partial charge in [-0.3, -0.25) is 0 Å². The molecule has 0 saturated heterocycles. The van der Waals surface area contributed by atoms with Crippen LogP contribution in [0.3, 0.4) is 0 Å². The second kappa shape index (κ2) is 15.7. The molecule has 0 bridgehead atoms. The molecule has 3 saturated carbocycles. The van der Waals surface area contributed by atoms with Crippen LogP contribution in [-0.2, 0) is 0 Å². The molecule has 2 unspecified atom stereocenters. The highest BCUT2D eigenvalue weighted by molar-refractivity contribution is 4.84. The zero-order valence-corrected chi connectivity index (χ0v) is 20.7. The van der Waals surface area contributed by atoms with Crippen molar-refractivity contribution in [2.45, 2.75) is 167 Å². The summed E-state index contributed by atoms with van der Waals surface area (Å²) in [5, 5.41) is 0. The molecule has 0 spiro atoms. The van der Waals surface area contributed by atoms with Gasteiger partial charge >= 0.3 is 0 Å². The van der Waals surface area contributed by atoms with E-state index in [1.807, 2.05) is 0 Å². The third-order valence-corrected chi connectivity index (χ3v) is 9.39. The zero-order chi connectivity index (χ0) is 20.7.